The van der Waals surface area contributed by atoms with Gasteiger partial charge in [0.05, 0.1) is 63.6 Å². The highest BCUT2D eigenvalue weighted by Gasteiger charge is 2.29. The molecular formula is C63H42Cl4N8O5. The molecule has 80 heavy (non-hydrogen) atoms. The van der Waals surface area contributed by atoms with Gasteiger partial charge in [0.2, 0.25) is 0 Å². The van der Waals surface area contributed by atoms with Crippen LogP contribution in [0.15, 0.2) is 178 Å². The van der Waals surface area contributed by atoms with Crippen LogP contribution in [-0.4, -0.2) is 50.0 Å². The van der Waals surface area contributed by atoms with Gasteiger partial charge in [0.1, 0.15) is 18.0 Å². The fourth-order valence-electron chi connectivity index (χ4n) is 10.9. The SMILES string of the molecule is COc1c(CON(C)c2ccccc2Cl)cc2ccc3c4cc(Cl)ccc4[nH]c3c2c1N=Nc1ccc2c(c1)C(=O)c1cc(N=Nc3c(OC)c(C(=O)N(C)c4ccccc4Cl)cc4ccc5c6cc(Cl)ccc6[nH]c5c34)ccc1-2. The number of hydroxylamine groups is 1. The van der Waals surface area contributed by atoms with Crippen molar-refractivity contribution in [2.24, 2.45) is 20.5 Å². The van der Waals surface area contributed by atoms with Crippen LogP contribution < -0.4 is 19.4 Å². The van der Waals surface area contributed by atoms with E-state index in [1.165, 1.54) is 12.0 Å². The second-order valence-corrected chi connectivity index (χ2v) is 20.9. The summed E-state index contributed by atoms with van der Waals surface area (Å²) in [7, 11) is 6.52. The van der Waals surface area contributed by atoms with Gasteiger partial charge in [-0.25, -0.2) is 0 Å². The smallest absolute Gasteiger partial charge is 0.261 e. The standard InChI is InChI=1S/C63H42Cl4N8O5/c1-74(52-11-7-5-9-48(52)66)63(77)47-26-33-14-20-42-44-28-36(65)16-24-51(44)69-57(42)55(33)59(62(47)79-4)73-71-38-18-22-40-39-21-17-37(29-45(39)60(76)46(40)30-38)70-72-58-54-32(13-19-41-43-27-35(64)15-23-50(43)68-56(41)54)25-34(61(58)78-3)31-80-75(2)53-12-8-6-10-49(53)67/h5-30,68-69H,31H2,1-4H3. The second-order valence-electron chi connectivity index (χ2n) is 19.3. The number of amides is 1. The highest BCUT2D eigenvalue weighted by Crippen LogP contribution is 2.49. The molecule has 0 spiro atoms. The van der Waals surface area contributed by atoms with Crippen LogP contribution in [0.2, 0.25) is 20.1 Å². The normalized spacial score (nSPS) is 12.3. The molecule has 1 aliphatic carbocycles. The highest BCUT2D eigenvalue weighted by atomic mass is 35.5. The number of methoxy groups -OCH3 is 2. The molecule has 2 heterocycles. The molecule has 0 atom stereocenters. The van der Waals surface area contributed by atoms with Crippen molar-refractivity contribution in [1.29, 1.82) is 0 Å². The van der Waals surface area contributed by atoms with Gasteiger partial charge in [0.15, 0.2) is 17.3 Å². The van der Waals surface area contributed by atoms with Crippen LogP contribution in [0, 0.1) is 0 Å². The van der Waals surface area contributed by atoms with E-state index in [1.54, 1.807) is 74.8 Å². The van der Waals surface area contributed by atoms with Crippen molar-refractivity contribution in [2.75, 3.05) is 38.3 Å². The summed E-state index contributed by atoms with van der Waals surface area (Å²) in [5, 5.41) is 29.8. The molecule has 0 bridgehead atoms. The number of hydrogen-bond acceptors (Lipinski definition) is 10. The number of ether oxygens (including phenoxy) is 2. The molecule has 2 N–H and O–H groups in total. The Bertz CT molecular complexity index is 4690. The Hall–Kier alpha value is -8.82. The first-order valence-corrected chi connectivity index (χ1v) is 26.7. The summed E-state index contributed by atoms with van der Waals surface area (Å²) in [6, 6.07) is 48.5. The van der Waals surface area contributed by atoms with Crippen molar-refractivity contribution in [2.45, 2.75) is 6.61 Å². The first-order valence-electron chi connectivity index (χ1n) is 25.2. The minimum atomic E-state index is -0.377. The number of ketones is 1. The van der Waals surface area contributed by atoms with Crippen molar-refractivity contribution in [3.05, 3.63) is 200 Å². The molecule has 0 radical (unpaired) electrons. The number of nitrogens with one attached hydrogen (secondary N) is 2. The number of nitrogens with zero attached hydrogens (tertiary/aromatic N) is 6. The Morgan fingerprint density at radius 2 is 1.04 bits per heavy atom. The van der Waals surface area contributed by atoms with Crippen molar-refractivity contribution in [3.63, 3.8) is 0 Å². The molecule has 1 aliphatic rings. The Balaban J connectivity index is 0.871. The number of carbonyl (C=O) groups is 2. The van der Waals surface area contributed by atoms with Crippen molar-refractivity contribution in [1.82, 2.24) is 9.97 Å². The number of fused-ring (bicyclic) bond motifs is 13. The minimum Gasteiger partial charge on any atom is -0.494 e. The van der Waals surface area contributed by atoms with E-state index in [0.717, 1.165) is 65.5 Å². The number of hydrogen-bond donors (Lipinski definition) is 2. The molecular weight excluding hydrogens is 1090 g/mol. The van der Waals surface area contributed by atoms with E-state index in [2.05, 4.69) is 16.0 Å². The number of aromatic nitrogens is 2. The zero-order valence-corrected chi connectivity index (χ0v) is 46.0. The van der Waals surface area contributed by atoms with Crippen LogP contribution in [-0.2, 0) is 11.4 Å². The molecule has 13 rings (SSSR count). The molecule has 10 aromatic carbocycles. The largest absolute Gasteiger partial charge is 0.494 e. The maximum Gasteiger partial charge on any atom is 0.261 e. The van der Waals surface area contributed by atoms with E-state index < -0.39 is 0 Å². The lowest BCUT2D eigenvalue weighted by molar-refractivity contribution is 0.0989. The van der Waals surface area contributed by atoms with Crippen molar-refractivity contribution >= 4 is 157 Å². The first kappa shape index (κ1) is 50.7. The summed E-state index contributed by atoms with van der Waals surface area (Å²) in [5.41, 5.74) is 9.45. The lowest BCUT2D eigenvalue weighted by Gasteiger charge is -2.21. The van der Waals surface area contributed by atoms with E-state index in [1.807, 2.05) is 103 Å². The molecule has 0 saturated heterocycles. The molecule has 0 saturated carbocycles. The lowest BCUT2D eigenvalue weighted by Crippen LogP contribution is -2.27. The molecule has 0 aliphatic heterocycles. The summed E-state index contributed by atoms with van der Waals surface area (Å²) in [4.78, 5) is 43.9. The average molecular weight is 1130 g/mol. The van der Waals surface area contributed by atoms with Gasteiger partial charge in [-0.15, -0.1) is 10.2 Å². The number of benzene rings is 10. The zero-order valence-electron chi connectivity index (χ0n) is 43.0. The van der Waals surface area contributed by atoms with Gasteiger partial charge in [-0.05, 0) is 119 Å². The first-order chi connectivity index (χ1) is 38.9. The predicted octanol–water partition coefficient (Wildman–Crippen LogP) is 18.8. The number of H-pyrrole nitrogens is 2. The van der Waals surface area contributed by atoms with Crippen LogP contribution in [0.25, 0.3) is 76.3 Å². The van der Waals surface area contributed by atoms with Crippen molar-refractivity contribution < 1.29 is 23.9 Å². The van der Waals surface area contributed by atoms with E-state index in [4.69, 9.17) is 81.2 Å². The van der Waals surface area contributed by atoms with Gasteiger partial charge in [-0.1, -0.05) is 107 Å². The number of azo groups is 2. The second kappa shape index (κ2) is 20.1. The summed E-state index contributed by atoms with van der Waals surface area (Å²) in [5.74, 6) is 0.0542. The van der Waals surface area contributed by atoms with E-state index in [-0.39, 0.29) is 29.6 Å². The molecule has 13 nitrogen and oxygen atoms in total. The molecule has 1 amide bonds. The monoisotopic (exact) mass is 1130 g/mol. The Labute approximate surface area is 476 Å². The predicted molar refractivity (Wildman–Crippen MR) is 322 cm³/mol. The van der Waals surface area contributed by atoms with Crippen LogP contribution in [0.3, 0.4) is 0 Å². The van der Waals surface area contributed by atoms with Gasteiger partial charge < -0.3 is 24.3 Å². The average Bonchev–Trinajstić information content (AvgIpc) is 4.19. The fraction of sp³-hybridized carbons (Fsp3) is 0.0794. The molecule has 0 unspecified atom stereocenters. The maximum absolute atomic E-state index is 14.5. The van der Waals surface area contributed by atoms with E-state index in [9.17, 15) is 9.59 Å². The number of anilines is 2. The summed E-state index contributed by atoms with van der Waals surface area (Å²) in [6.07, 6.45) is 0. The number of halogens is 4. The summed E-state index contributed by atoms with van der Waals surface area (Å²) >= 11 is 26.1. The van der Waals surface area contributed by atoms with Crippen LogP contribution in [0.5, 0.6) is 11.5 Å². The number of carbonyl (C=O) groups excluding carboxylic acids is 2. The number of para-hydroxylation sites is 2. The number of aromatic amines is 2. The summed E-state index contributed by atoms with van der Waals surface area (Å²) in [6.45, 7) is 0.110. The van der Waals surface area contributed by atoms with Crippen LogP contribution >= 0.6 is 46.4 Å². The van der Waals surface area contributed by atoms with E-state index in [0.29, 0.717) is 87.4 Å². The van der Waals surface area contributed by atoms with Gasteiger partial charge in [-0.3, -0.25) is 19.5 Å². The fourth-order valence-corrected chi connectivity index (χ4v) is 11.7. The third-order valence-electron chi connectivity index (χ3n) is 14.7. The molecule has 392 valence electrons. The van der Waals surface area contributed by atoms with Crippen LogP contribution in [0.4, 0.5) is 34.1 Å². The highest BCUT2D eigenvalue weighted by molar-refractivity contribution is 6.35. The van der Waals surface area contributed by atoms with Crippen LogP contribution in [0.1, 0.15) is 31.8 Å². The molecule has 12 aromatic rings. The minimum absolute atomic E-state index is 0.110. The third-order valence-corrected chi connectivity index (χ3v) is 15.8. The molecule has 2 aromatic heterocycles. The molecule has 0 fully saturated rings. The Morgan fingerprint density at radius 1 is 0.525 bits per heavy atom. The van der Waals surface area contributed by atoms with Gasteiger partial charge in [-0.2, -0.15) is 10.2 Å². The Kier molecular flexibility index (Phi) is 12.7. The van der Waals surface area contributed by atoms with E-state index >= 15 is 0 Å². The third kappa shape index (κ3) is 8.53. The van der Waals surface area contributed by atoms with Gasteiger partial charge in [0.25, 0.3) is 5.91 Å². The lowest BCUT2D eigenvalue weighted by atomic mass is 9.99. The summed E-state index contributed by atoms with van der Waals surface area (Å²) < 4.78 is 12.3. The topological polar surface area (TPSA) is 149 Å². The van der Waals surface area contributed by atoms with Crippen molar-refractivity contribution in [3.8, 4) is 22.6 Å². The Morgan fingerprint density at radius 3 is 1.57 bits per heavy atom. The quantitative estimate of drug-likeness (QED) is 0.0919. The maximum atomic E-state index is 14.5. The number of rotatable bonds is 12. The molecule has 17 heteroatoms. The van der Waals surface area contributed by atoms with Gasteiger partial charge in [0, 0.05) is 84.2 Å². The zero-order chi connectivity index (χ0) is 55.1. The van der Waals surface area contributed by atoms with Gasteiger partial charge >= 0.3 is 0 Å².